The number of nitrogens with two attached hydrogens (primary N) is 1. The van der Waals surface area contributed by atoms with Crippen molar-refractivity contribution in [3.63, 3.8) is 0 Å². The Hall–Kier alpha value is -1.49. The average molecular weight is 297 g/mol. The van der Waals surface area contributed by atoms with Gasteiger partial charge in [0.25, 0.3) is 0 Å². The highest BCUT2D eigenvalue weighted by molar-refractivity contribution is 6.30. The lowest BCUT2D eigenvalue weighted by Gasteiger charge is -2.19. The summed E-state index contributed by atoms with van der Waals surface area (Å²) in [7, 11) is 0. The molecule has 1 atom stereocenters. The minimum absolute atomic E-state index is 0.253. The van der Waals surface area contributed by atoms with Crippen LogP contribution >= 0.6 is 11.6 Å². The van der Waals surface area contributed by atoms with Crippen LogP contribution in [-0.4, -0.2) is 0 Å². The Morgan fingerprint density at radius 1 is 1.20 bits per heavy atom. The third-order valence-electron chi connectivity index (χ3n) is 3.24. The molecular formula is C15H15ClF2N2. The van der Waals surface area contributed by atoms with Gasteiger partial charge in [0, 0.05) is 5.02 Å². The summed E-state index contributed by atoms with van der Waals surface area (Å²) in [6, 6.07) is 8.47. The van der Waals surface area contributed by atoms with Crippen LogP contribution in [0, 0.1) is 18.6 Å². The molecule has 0 aromatic heterocycles. The van der Waals surface area contributed by atoms with E-state index in [-0.39, 0.29) is 18.0 Å². The first-order valence-electron chi connectivity index (χ1n) is 6.17. The number of hydrogen-bond acceptors (Lipinski definition) is 2. The van der Waals surface area contributed by atoms with Crippen LogP contribution in [0.3, 0.4) is 0 Å². The summed E-state index contributed by atoms with van der Waals surface area (Å²) in [6.07, 6.45) is 0.253. The summed E-state index contributed by atoms with van der Waals surface area (Å²) in [6.45, 7) is 1.90. The standard InChI is InChI=1S/C15H15ClF2N2/c1-9-6-11(16)2-4-13(9)15(20-19)8-10-7-12(17)3-5-14(10)18/h2-7,15,20H,8,19H2,1H3. The molecule has 0 radical (unpaired) electrons. The Bertz CT molecular complexity index is 617. The van der Waals surface area contributed by atoms with Crippen molar-refractivity contribution >= 4 is 11.6 Å². The van der Waals surface area contributed by atoms with E-state index in [0.29, 0.717) is 5.02 Å². The van der Waals surface area contributed by atoms with Crippen molar-refractivity contribution in [2.75, 3.05) is 0 Å². The summed E-state index contributed by atoms with van der Waals surface area (Å²) in [5.74, 6) is 4.63. The lowest BCUT2D eigenvalue weighted by molar-refractivity contribution is 0.521. The first-order valence-corrected chi connectivity index (χ1v) is 6.55. The minimum Gasteiger partial charge on any atom is -0.271 e. The van der Waals surface area contributed by atoms with E-state index in [0.717, 1.165) is 23.3 Å². The van der Waals surface area contributed by atoms with Gasteiger partial charge in [0.15, 0.2) is 0 Å². The van der Waals surface area contributed by atoms with Crippen LogP contribution in [0.5, 0.6) is 0 Å². The van der Waals surface area contributed by atoms with Gasteiger partial charge in [-0.2, -0.15) is 0 Å². The van der Waals surface area contributed by atoms with E-state index < -0.39 is 11.6 Å². The second-order valence-electron chi connectivity index (χ2n) is 4.66. The molecule has 2 aromatic rings. The summed E-state index contributed by atoms with van der Waals surface area (Å²) >= 11 is 5.91. The molecule has 0 bridgehead atoms. The lowest BCUT2D eigenvalue weighted by Crippen LogP contribution is -2.30. The third kappa shape index (κ3) is 3.33. The SMILES string of the molecule is Cc1cc(Cl)ccc1C(Cc1cc(F)ccc1F)NN. The number of aryl methyl sites for hydroxylation is 1. The fourth-order valence-corrected chi connectivity index (χ4v) is 2.44. The Morgan fingerprint density at radius 3 is 2.60 bits per heavy atom. The predicted molar refractivity (Wildman–Crippen MR) is 76.3 cm³/mol. The maximum absolute atomic E-state index is 13.7. The van der Waals surface area contributed by atoms with Crippen LogP contribution in [0.2, 0.25) is 5.02 Å². The number of rotatable bonds is 4. The molecule has 0 aliphatic rings. The number of hydrazine groups is 1. The van der Waals surface area contributed by atoms with Crippen molar-refractivity contribution < 1.29 is 8.78 Å². The van der Waals surface area contributed by atoms with Crippen LogP contribution in [-0.2, 0) is 6.42 Å². The Kier molecular flexibility index (Phi) is 4.70. The molecule has 2 rings (SSSR count). The smallest absolute Gasteiger partial charge is 0.126 e. The van der Waals surface area contributed by atoms with Gasteiger partial charge >= 0.3 is 0 Å². The van der Waals surface area contributed by atoms with Crippen LogP contribution in [0.1, 0.15) is 22.7 Å². The van der Waals surface area contributed by atoms with Crippen molar-refractivity contribution in [1.29, 1.82) is 0 Å². The molecule has 0 spiro atoms. The summed E-state index contributed by atoms with van der Waals surface area (Å²) < 4.78 is 26.9. The molecule has 0 saturated heterocycles. The molecule has 106 valence electrons. The van der Waals surface area contributed by atoms with Crippen LogP contribution < -0.4 is 11.3 Å². The van der Waals surface area contributed by atoms with Crippen molar-refractivity contribution in [1.82, 2.24) is 5.43 Å². The van der Waals surface area contributed by atoms with Gasteiger partial charge in [0.2, 0.25) is 0 Å². The van der Waals surface area contributed by atoms with Gasteiger partial charge in [0.05, 0.1) is 6.04 Å². The lowest BCUT2D eigenvalue weighted by atomic mass is 9.95. The zero-order valence-electron chi connectivity index (χ0n) is 11.0. The average Bonchev–Trinajstić information content (AvgIpc) is 2.40. The van der Waals surface area contributed by atoms with Gasteiger partial charge in [-0.05, 0) is 60.4 Å². The van der Waals surface area contributed by atoms with Gasteiger partial charge < -0.3 is 0 Å². The minimum atomic E-state index is -0.468. The van der Waals surface area contributed by atoms with Crippen LogP contribution in [0.25, 0.3) is 0 Å². The summed E-state index contributed by atoms with van der Waals surface area (Å²) in [5, 5.41) is 0.624. The summed E-state index contributed by atoms with van der Waals surface area (Å²) in [4.78, 5) is 0. The molecule has 0 fully saturated rings. The maximum atomic E-state index is 13.7. The second-order valence-corrected chi connectivity index (χ2v) is 5.10. The molecule has 20 heavy (non-hydrogen) atoms. The highest BCUT2D eigenvalue weighted by Crippen LogP contribution is 2.25. The van der Waals surface area contributed by atoms with Gasteiger partial charge in [-0.1, -0.05) is 17.7 Å². The van der Waals surface area contributed by atoms with Gasteiger partial charge in [0.1, 0.15) is 11.6 Å². The van der Waals surface area contributed by atoms with Crippen molar-refractivity contribution in [2.45, 2.75) is 19.4 Å². The van der Waals surface area contributed by atoms with E-state index in [9.17, 15) is 8.78 Å². The first-order chi connectivity index (χ1) is 9.51. The third-order valence-corrected chi connectivity index (χ3v) is 3.48. The van der Waals surface area contributed by atoms with Crippen molar-refractivity contribution in [3.05, 3.63) is 69.7 Å². The number of halogens is 3. The van der Waals surface area contributed by atoms with Crippen LogP contribution in [0.4, 0.5) is 8.78 Å². The van der Waals surface area contributed by atoms with Crippen molar-refractivity contribution in [2.24, 2.45) is 5.84 Å². The highest BCUT2D eigenvalue weighted by Gasteiger charge is 2.16. The fraction of sp³-hybridized carbons (Fsp3) is 0.200. The zero-order valence-corrected chi connectivity index (χ0v) is 11.7. The van der Waals surface area contributed by atoms with E-state index in [2.05, 4.69) is 5.43 Å². The van der Waals surface area contributed by atoms with E-state index in [1.54, 1.807) is 6.07 Å². The normalized spacial score (nSPS) is 12.4. The first kappa shape index (κ1) is 14.9. The molecule has 0 heterocycles. The molecule has 1 unspecified atom stereocenters. The highest BCUT2D eigenvalue weighted by atomic mass is 35.5. The largest absolute Gasteiger partial charge is 0.271 e. The zero-order chi connectivity index (χ0) is 14.7. The predicted octanol–water partition coefficient (Wildman–Crippen LogP) is 3.67. The molecule has 2 aromatic carbocycles. The fourth-order valence-electron chi connectivity index (χ4n) is 2.21. The molecule has 0 aliphatic heterocycles. The summed E-state index contributed by atoms with van der Waals surface area (Å²) in [5.41, 5.74) is 4.77. The van der Waals surface area contributed by atoms with E-state index in [1.165, 1.54) is 6.07 Å². The maximum Gasteiger partial charge on any atom is 0.126 e. The van der Waals surface area contributed by atoms with Gasteiger partial charge in [-0.3, -0.25) is 11.3 Å². The van der Waals surface area contributed by atoms with E-state index in [4.69, 9.17) is 17.4 Å². The number of nitrogens with one attached hydrogen (secondary N) is 1. The molecule has 3 N–H and O–H groups in total. The Balaban J connectivity index is 2.31. The van der Waals surface area contributed by atoms with Crippen molar-refractivity contribution in [3.8, 4) is 0 Å². The molecule has 0 saturated carbocycles. The number of benzene rings is 2. The molecule has 2 nitrogen and oxygen atoms in total. The van der Waals surface area contributed by atoms with Gasteiger partial charge in [-0.15, -0.1) is 0 Å². The molecular weight excluding hydrogens is 282 g/mol. The van der Waals surface area contributed by atoms with Gasteiger partial charge in [-0.25, -0.2) is 8.78 Å². The second kappa shape index (κ2) is 6.31. The molecule has 5 heteroatoms. The topological polar surface area (TPSA) is 38.0 Å². The Labute approximate surface area is 121 Å². The molecule has 0 aliphatic carbocycles. The number of hydrogen-bond donors (Lipinski definition) is 2. The monoisotopic (exact) mass is 296 g/mol. The Morgan fingerprint density at radius 2 is 1.95 bits per heavy atom. The molecule has 0 amide bonds. The quantitative estimate of drug-likeness (QED) is 0.667. The van der Waals surface area contributed by atoms with Crippen LogP contribution in [0.15, 0.2) is 36.4 Å². The van der Waals surface area contributed by atoms with E-state index >= 15 is 0 Å². The van der Waals surface area contributed by atoms with E-state index in [1.807, 2.05) is 19.1 Å².